The molecule has 0 aliphatic heterocycles. The summed E-state index contributed by atoms with van der Waals surface area (Å²) in [4.78, 5) is 23.9. The summed E-state index contributed by atoms with van der Waals surface area (Å²) >= 11 is 8.02. The van der Waals surface area contributed by atoms with Gasteiger partial charge in [-0.05, 0) is 51.3 Å². The number of nitrogens with one attached hydrogen (secondary N) is 2. The predicted molar refractivity (Wildman–Crippen MR) is 84.6 cm³/mol. The minimum atomic E-state index is -0.160. The number of halogens is 2. The van der Waals surface area contributed by atoms with Crippen LogP contribution in [0.3, 0.4) is 0 Å². The van der Waals surface area contributed by atoms with Crippen molar-refractivity contribution in [3.8, 4) is 0 Å². The summed E-state index contributed by atoms with van der Waals surface area (Å²) in [5.41, 5.74) is 0. The monoisotopic (exact) mass is 410 g/mol. The molecule has 2 amide bonds. The number of carbonyl (C=O) groups excluding carboxylic acids is 2. The van der Waals surface area contributed by atoms with Gasteiger partial charge >= 0.3 is 0 Å². The summed E-state index contributed by atoms with van der Waals surface area (Å²) < 4.78 is 1.74. The normalized spacial score (nSPS) is 12.0. The zero-order chi connectivity index (χ0) is 14.4. The van der Waals surface area contributed by atoms with Crippen LogP contribution >= 0.6 is 43.2 Å². The van der Waals surface area contributed by atoms with Gasteiger partial charge in [-0.1, -0.05) is 6.92 Å². The fourth-order valence-electron chi connectivity index (χ4n) is 1.28. The molecule has 0 aliphatic carbocycles. The average molecular weight is 412 g/mol. The minimum Gasteiger partial charge on any atom is -0.354 e. The Bertz CT molecular complexity index is 443. The Hall–Kier alpha value is -0.400. The Morgan fingerprint density at radius 3 is 2.63 bits per heavy atom. The van der Waals surface area contributed by atoms with Crippen molar-refractivity contribution in [3.05, 3.63) is 19.2 Å². The first-order valence-electron chi connectivity index (χ1n) is 5.96. The van der Waals surface area contributed by atoms with Gasteiger partial charge in [0.15, 0.2) is 0 Å². The largest absolute Gasteiger partial charge is 0.354 e. The van der Waals surface area contributed by atoms with E-state index in [0.29, 0.717) is 17.8 Å². The zero-order valence-electron chi connectivity index (χ0n) is 10.8. The number of hydrogen-bond donors (Lipinski definition) is 2. The molecule has 1 heterocycles. The van der Waals surface area contributed by atoms with Crippen molar-refractivity contribution in [2.24, 2.45) is 0 Å². The molecule has 19 heavy (non-hydrogen) atoms. The summed E-state index contributed by atoms with van der Waals surface area (Å²) in [7, 11) is 0. The fraction of sp³-hybridized carbons (Fsp3) is 0.500. The van der Waals surface area contributed by atoms with Crippen molar-refractivity contribution in [3.63, 3.8) is 0 Å². The van der Waals surface area contributed by atoms with Gasteiger partial charge in [0.05, 0.1) is 8.66 Å². The molecule has 4 nitrogen and oxygen atoms in total. The average Bonchev–Trinajstić information content (AvgIpc) is 2.69. The van der Waals surface area contributed by atoms with E-state index in [4.69, 9.17) is 0 Å². The van der Waals surface area contributed by atoms with Crippen LogP contribution in [0.25, 0.3) is 0 Å². The lowest BCUT2D eigenvalue weighted by Crippen LogP contribution is -2.35. The molecule has 0 saturated carbocycles. The molecule has 0 aliphatic rings. The van der Waals surface area contributed by atoms with E-state index < -0.39 is 0 Å². The standard InChI is InChI=1S/C12H16Br2N2O2S/c1-3-7(2)16-10(17)4-5-15-12(18)9-6-8(13)11(14)19-9/h6-7H,3-5H2,1-2H3,(H,15,18)(H,16,17). The molecule has 1 atom stereocenters. The molecule has 106 valence electrons. The van der Waals surface area contributed by atoms with Gasteiger partial charge in [-0.15, -0.1) is 11.3 Å². The van der Waals surface area contributed by atoms with E-state index in [-0.39, 0.29) is 17.9 Å². The first-order valence-corrected chi connectivity index (χ1v) is 8.36. The summed E-state index contributed by atoms with van der Waals surface area (Å²) in [5.74, 6) is -0.198. The summed E-state index contributed by atoms with van der Waals surface area (Å²) in [6, 6.07) is 1.93. The van der Waals surface area contributed by atoms with Gasteiger partial charge < -0.3 is 10.6 Å². The second-order valence-electron chi connectivity index (χ2n) is 4.12. The third kappa shape index (κ3) is 5.62. The van der Waals surface area contributed by atoms with Gasteiger partial charge in [0.1, 0.15) is 0 Å². The lowest BCUT2D eigenvalue weighted by molar-refractivity contribution is -0.121. The highest BCUT2D eigenvalue weighted by molar-refractivity contribution is 9.13. The highest BCUT2D eigenvalue weighted by Crippen LogP contribution is 2.32. The lowest BCUT2D eigenvalue weighted by Gasteiger charge is -2.11. The van der Waals surface area contributed by atoms with Gasteiger partial charge in [0.2, 0.25) is 5.91 Å². The molecule has 0 spiro atoms. The highest BCUT2D eigenvalue weighted by Gasteiger charge is 2.12. The van der Waals surface area contributed by atoms with Crippen molar-refractivity contribution in [1.82, 2.24) is 10.6 Å². The number of amides is 2. The molecule has 0 bridgehead atoms. The quantitative estimate of drug-likeness (QED) is 0.754. The number of rotatable bonds is 6. The second kappa shape index (κ2) is 8.01. The first kappa shape index (κ1) is 16.7. The molecule has 1 rings (SSSR count). The lowest BCUT2D eigenvalue weighted by atomic mass is 10.2. The maximum absolute atomic E-state index is 11.8. The van der Waals surface area contributed by atoms with E-state index in [9.17, 15) is 9.59 Å². The van der Waals surface area contributed by atoms with Crippen LogP contribution in [-0.2, 0) is 4.79 Å². The molecule has 0 saturated heterocycles. The van der Waals surface area contributed by atoms with Crippen molar-refractivity contribution < 1.29 is 9.59 Å². The number of carbonyl (C=O) groups is 2. The Kier molecular flexibility index (Phi) is 7.02. The van der Waals surface area contributed by atoms with Crippen molar-refractivity contribution in [2.45, 2.75) is 32.7 Å². The van der Waals surface area contributed by atoms with E-state index in [2.05, 4.69) is 42.5 Å². The molecule has 1 unspecified atom stereocenters. The smallest absolute Gasteiger partial charge is 0.261 e. The van der Waals surface area contributed by atoms with Crippen LogP contribution in [0, 0.1) is 0 Å². The number of hydrogen-bond acceptors (Lipinski definition) is 3. The Morgan fingerprint density at radius 1 is 1.42 bits per heavy atom. The predicted octanol–water partition coefficient (Wildman–Crippen LogP) is 3.31. The van der Waals surface area contributed by atoms with Gasteiger partial charge in [-0.25, -0.2) is 0 Å². The van der Waals surface area contributed by atoms with Crippen LogP contribution in [0.2, 0.25) is 0 Å². The topological polar surface area (TPSA) is 58.2 Å². The third-order valence-corrected chi connectivity index (χ3v) is 5.78. The molecular weight excluding hydrogens is 396 g/mol. The Morgan fingerprint density at radius 2 is 2.11 bits per heavy atom. The molecule has 0 radical (unpaired) electrons. The molecule has 0 aromatic carbocycles. The summed E-state index contributed by atoms with van der Waals surface area (Å²) in [6.07, 6.45) is 1.19. The maximum Gasteiger partial charge on any atom is 0.261 e. The molecular formula is C12H16Br2N2O2S. The SMILES string of the molecule is CCC(C)NC(=O)CCNC(=O)c1cc(Br)c(Br)s1. The highest BCUT2D eigenvalue weighted by atomic mass is 79.9. The second-order valence-corrected chi connectivity index (χ2v) is 7.34. The molecule has 1 aromatic rings. The molecule has 1 aromatic heterocycles. The summed E-state index contributed by atoms with van der Waals surface area (Å²) in [6.45, 7) is 4.31. The van der Waals surface area contributed by atoms with Crippen molar-refractivity contribution in [1.29, 1.82) is 0 Å². The van der Waals surface area contributed by atoms with Gasteiger partial charge in [-0.3, -0.25) is 9.59 Å². The van der Waals surface area contributed by atoms with Gasteiger partial charge in [0, 0.05) is 23.5 Å². The van der Waals surface area contributed by atoms with E-state index in [1.807, 2.05) is 13.8 Å². The molecule has 7 heteroatoms. The Labute approximate surface area is 133 Å². The maximum atomic E-state index is 11.8. The van der Waals surface area contributed by atoms with Crippen LogP contribution in [0.15, 0.2) is 14.3 Å². The van der Waals surface area contributed by atoms with Crippen LogP contribution < -0.4 is 10.6 Å². The third-order valence-electron chi connectivity index (χ3n) is 2.53. The number of thiophene rings is 1. The van der Waals surface area contributed by atoms with Gasteiger partial charge in [0.25, 0.3) is 5.91 Å². The van der Waals surface area contributed by atoms with E-state index >= 15 is 0 Å². The first-order chi connectivity index (χ1) is 8.93. The van der Waals surface area contributed by atoms with Crippen molar-refractivity contribution in [2.75, 3.05) is 6.54 Å². The van der Waals surface area contributed by atoms with E-state index in [0.717, 1.165) is 14.7 Å². The van der Waals surface area contributed by atoms with Crippen molar-refractivity contribution >= 4 is 55.0 Å². The minimum absolute atomic E-state index is 0.0387. The zero-order valence-corrected chi connectivity index (χ0v) is 14.7. The fourth-order valence-corrected chi connectivity index (χ4v) is 3.24. The van der Waals surface area contributed by atoms with Crippen LogP contribution in [0.1, 0.15) is 36.4 Å². The van der Waals surface area contributed by atoms with Crippen LogP contribution in [0.5, 0.6) is 0 Å². The van der Waals surface area contributed by atoms with Gasteiger partial charge in [-0.2, -0.15) is 0 Å². The van der Waals surface area contributed by atoms with Crippen LogP contribution in [0.4, 0.5) is 0 Å². The molecule has 0 fully saturated rings. The van der Waals surface area contributed by atoms with E-state index in [1.165, 1.54) is 11.3 Å². The van der Waals surface area contributed by atoms with E-state index in [1.54, 1.807) is 6.07 Å². The summed E-state index contributed by atoms with van der Waals surface area (Å²) in [5, 5.41) is 5.58. The Balaban J connectivity index is 2.33. The molecule has 2 N–H and O–H groups in total. The van der Waals surface area contributed by atoms with Crippen LogP contribution in [-0.4, -0.2) is 24.4 Å².